The Bertz CT molecular complexity index is 697. The number of ether oxygens (including phenoxy) is 1. The molecule has 0 radical (unpaired) electrons. The molecule has 126 valence electrons. The molecular weight excluding hydrogens is 304 g/mol. The summed E-state index contributed by atoms with van der Waals surface area (Å²) in [6, 6.07) is 3.93. The minimum absolute atomic E-state index is 0.105. The molecule has 2 heterocycles. The van der Waals surface area contributed by atoms with E-state index in [-0.39, 0.29) is 11.9 Å². The van der Waals surface area contributed by atoms with E-state index < -0.39 is 0 Å². The van der Waals surface area contributed by atoms with Crippen molar-refractivity contribution in [1.29, 1.82) is 0 Å². The molecule has 0 aromatic carbocycles. The molecule has 1 aliphatic carbocycles. The first-order valence-electron chi connectivity index (χ1n) is 8.25. The largest absolute Gasteiger partial charge is 0.381 e. The fourth-order valence-electron chi connectivity index (χ4n) is 3.03. The fourth-order valence-corrected chi connectivity index (χ4v) is 3.03. The highest BCUT2D eigenvalue weighted by molar-refractivity contribution is 5.95. The van der Waals surface area contributed by atoms with Crippen LogP contribution in [0.3, 0.4) is 0 Å². The van der Waals surface area contributed by atoms with E-state index in [9.17, 15) is 4.79 Å². The molecule has 6 heteroatoms. The van der Waals surface area contributed by atoms with Crippen molar-refractivity contribution in [3.8, 4) is 11.4 Å². The molecule has 0 spiro atoms. The van der Waals surface area contributed by atoms with Gasteiger partial charge in [0.1, 0.15) is 0 Å². The van der Waals surface area contributed by atoms with E-state index in [1.807, 2.05) is 19.1 Å². The Morgan fingerprint density at radius 1 is 1.25 bits per heavy atom. The third-order valence-corrected chi connectivity index (χ3v) is 4.49. The van der Waals surface area contributed by atoms with Crippen molar-refractivity contribution in [3.05, 3.63) is 42.0 Å². The van der Waals surface area contributed by atoms with Gasteiger partial charge in [-0.3, -0.25) is 9.78 Å². The van der Waals surface area contributed by atoms with E-state index in [0.717, 1.165) is 31.2 Å². The highest BCUT2D eigenvalue weighted by atomic mass is 16.5. The molecule has 1 saturated carbocycles. The fraction of sp³-hybridized carbons (Fsp3) is 0.444. The third-order valence-electron chi connectivity index (χ3n) is 4.49. The van der Waals surface area contributed by atoms with Crippen molar-refractivity contribution in [2.24, 2.45) is 0 Å². The summed E-state index contributed by atoms with van der Waals surface area (Å²) >= 11 is 0. The van der Waals surface area contributed by atoms with Crippen LogP contribution in [0, 0.1) is 6.92 Å². The average Bonchev–Trinajstić information content (AvgIpc) is 2.63. The van der Waals surface area contributed by atoms with Crippen LogP contribution in [-0.4, -0.2) is 40.1 Å². The van der Waals surface area contributed by atoms with Crippen LogP contribution in [0.25, 0.3) is 11.4 Å². The Balaban J connectivity index is 1.67. The molecule has 0 aliphatic heterocycles. The summed E-state index contributed by atoms with van der Waals surface area (Å²) in [6.45, 7) is 1.83. The van der Waals surface area contributed by atoms with Crippen LogP contribution in [-0.2, 0) is 4.74 Å². The number of methoxy groups -OCH3 is 1. The summed E-state index contributed by atoms with van der Waals surface area (Å²) in [5.41, 5.74) is 2.04. The predicted octanol–water partition coefficient (Wildman–Crippen LogP) is 2.53. The van der Waals surface area contributed by atoms with E-state index in [2.05, 4.69) is 20.3 Å². The van der Waals surface area contributed by atoms with Gasteiger partial charge in [0.25, 0.3) is 5.91 Å². The molecule has 0 atom stereocenters. The number of nitrogens with zero attached hydrogens (tertiary/aromatic N) is 3. The lowest BCUT2D eigenvalue weighted by Crippen LogP contribution is -2.39. The second-order valence-electron chi connectivity index (χ2n) is 6.12. The Kier molecular flexibility index (Phi) is 5.15. The predicted molar refractivity (Wildman–Crippen MR) is 90.5 cm³/mol. The second kappa shape index (κ2) is 7.49. The third kappa shape index (κ3) is 3.76. The van der Waals surface area contributed by atoms with Gasteiger partial charge in [0, 0.05) is 37.3 Å². The maximum absolute atomic E-state index is 12.5. The summed E-state index contributed by atoms with van der Waals surface area (Å²) in [4.78, 5) is 25.3. The van der Waals surface area contributed by atoms with Crippen molar-refractivity contribution in [1.82, 2.24) is 20.3 Å². The lowest BCUT2D eigenvalue weighted by molar-refractivity contribution is 0.0599. The monoisotopic (exact) mass is 326 g/mol. The quantitative estimate of drug-likeness (QED) is 0.934. The van der Waals surface area contributed by atoms with E-state index >= 15 is 0 Å². The van der Waals surface area contributed by atoms with Gasteiger partial charge in [0.15, 0.2) is 5.82 Å². The molecule has 1 fully saturated rings. The van der Waals surface area contributed by atoms with Gasteiger partial charge in [-0.25, -0.2) is 9.97 Å². The number of nitrogens with one attached hydrogen (secondary N) is 1. The zero-order chi connectivity index (χ0) is 16.9. The summed E-state index contributed by atoms with van der Waals surface area (Å²) < 4.78 is 5.37. The van der Waals surface area contributed by atoms with Gasteiger partial charge in [-0.05, 0) is 44.7 Å². The van der Waals surface area contributed by atoms with Gasteiger partial charge in [0.2, 0.25) is 0 Å². The van der Waals surface area contributed by atoms with Crippen LogP contribution in [0.2, 0.25) is 0 Å². The number of carbonyl (C=O) groups is 1. The summed E-state index contributed by atoms with van der Waals surface area (Å²) in [7, 11) is 1.74. The topological polar surface area (TPSA) is 77.0 Å². The maximum atomic E-state index is 12.5. The molecular formula is C18H22N4O2. The first-order valence-corrected chi connectivity index (χ1v) is 8.25. The summed E-state index contributed by atoms with van der Waals surface area (Å²) in [5.74, 6) is 0.476. The molecule has 0 bridgehead atoms. The summed E-state index contributed by atoms with van der Waals surface area (Å²) in [6.07, 6.45) is 9.19. The first kappa shape index (κ1) is 16.5. The molecule has 1 aliphatic rings. The molecule has 0 unspecified atom stereocenters. The van der Waals surface area contributed by atoms with Gasteiger partial charge in [-0.15, -0.1) is 0 Å². The number of aryl methyl sites for hydroxylation is 1. The van der Waals surface area contributed by atoms with Crippen LogP contribution in [0.5, 0.6) is 0 Å². The molecule has 2 aromatic rings. The lowest BCUT2D eigenvalue weighted by atomic mass is 9.93. The van der Waals surface area contributed by atoms with Crippen molar-refractivity contribution in [2.75, 3.05) is 7.11 Å². The standard InChI is InChI=1S/C18H22N4O2/c1-12-16(11-20-17(21-12)13-4-3-9-19-10-13)18(23)22-14-5-7-15(24-2)8-6-14/h3-4,9-11,14-15H,5-8H2,1-2H3,(H,22,23). The second-order valence-corrected chi connectivity index (χ2v) is 6.12. The minimum Gasteiger partial charge on any atom is -0.381 e. The molecule has 3 rings (SSSR count). The van der Waals surface area contributed by atoms with Crippen molar-refractivity contribution < 1.29 is 9.53 Å². The molecule has 6 nitrogen and oxygen atoms in total. The zero-order valence-electron chi connectivity index (χ0n) is 14.0. The van der Waals surface area contributed by atoms with Gasteiger partial charge in [-0.1, -0.05) is 0 Å². The Morgan fingerprint density at radius 2 is 2.04 bits per heavy atom. The Labute approximate surface area is 141 Å². The number of amides is 1. The van der Waals surface area contributed by atoms with Gasteiger partial charge in [0.05, 0.1) is 17.4 Å². The van der Waals surface area contributed by atoms with Gasteiger partial charge in [-0.2, -0.15) is 0 Å². The normalized spacial score (nSPS) is 20.6. The summed E-state index contributed by atoms with van der Waals surface area (Å²) in [5, 5.41) is 3.09. The number of rotatable bonds is 4. The first-order chi connectivity index (χ1) is 11.7. The van der Waals surface area contributed by atoms with E-state index in [1.165, 1.54) is 0 Å². The highest BCUT2D eigenvalue weighted by Gasteiger charge is 2.23. The molecule has 2 aromatic heterocycles. The number of hydrogen-bond donors (Lipinski definition) is 1. The number of pyridine rings is 1. The minimum atomic E-state index is -0.105. The molecule has 0 saturated heterocycles. The molecule has 1 N–H and O–H groups in total. The van der Waals surface area contributed by atoms with Crippen LogP contribution < -0.4 is 5.32 Å². The smallest absolute Gasteiger partial charge is 0.254 e. The maximum Gasteiger partial charge on any atom is 0.254 e. The average molecular weight is 326 g/mol. The number of aromatic nitrogens is 3. The lowest BCUT2D eigenvalue weighted by Gasteiger charge is -2.28. The SMILES string of the molecule is COC1CCC(NC(=O)c2cnc(-c3cccnc3)nc2C)CC1. The Hall–Kier alpha value is -2.34. The highest BCUT2D eigenvalue weighted by Crippen LogP contribution is 2.21. The van der Waals surface area contributed by atoms with Crippen LogP contribution in [0.1, 0.15) is 41.7 Å². The van der Waals surface area contributed by atoms with Crippen LogP contribution >= 0.6 is 0 Å². The van der Waals surface area contributed by atoms with Crippen molar-refractivity contribution in [3.63, 3.8) is 0 Å². The number of carbonyl (C=O) groups excluding carboxylic acids is 1. The van der Waals surface area contributed by atoms with Crippen molar-refractivity contribution in [2.45, 2.75) is 44.8 Å². The molecule has 1 amide bonds. The van der Waals surface area contributed by atoms with E-state index in [0.29, 0.717) is 23.2 Å². The van der Waals surface area contributed by atoms with Crippen molar-refractivity contribution >= 4 is 5.91 Å². The molecule has 24 heavy (non-hydrogen) atoms. The van der Waals surface area contributed by atoms with Crippen LogP contribution in [0.4, 0.5) is 0 Å². The van der Waals surface area contributed by atoms with Crippen LogP contribution in [0.15, 0.2) is 30.7 Å². The van der Waals surface area contributed by atoms with Gasteiger partial charge < -0.3 is 10.1 Å². The Morgan fingerprint density at radius 3 is 2.67 bits per heavy atom. The number of hydrogen-bond acceptors (Lipinski definition) is 5. The van der Waals surface area contributed by atoms with E-state index in [4.69, 9.17) is 4.74 Å². The zero-order valence-corrected chi connectivity index (χ0v) is 14.0. The van der Waals surface area contributed by atoms with E-state index in [1.54, 1.807) is 25.7 Å². The van der Waals surface area contributed by atoms with Gasteiger partial charge >= 0.3 is 0 Å².